The van der Waals surface area contributed by atoms with Gasteiger partial charge < -0.3 is 5.11 Å². The third-order valence-corrected chi connectivity index (χ3v) is 3.46. The molecule has 1 aromatic carbocycles. The molecule has 0 heterocycles. The van der Waals surface area contributed by atoms with E-state index in [0.717, 1.165) is 37.1 Å². The van der Waals surface area contributed by atoms with E-state index in [1.54, 1.807) is 0 Å². The lowest BCUT2D eigenvalue weighted by Gasteiger charge is -2.17. The predicted molar refractivity (Wildman–Crippen MR) is 81.6 cm³/mol. The van der Waals surface area contributed by atoms with Gasteiger partial charge in [-0.15, -0.1) is 0 Å². The minimum absolute atomic E-state index is 0.0273. The van der Waals surface area contributed by atoms with Gasteiger partial charge in [-0.3, -0.25) is 9.79 Å². The first-order valence-electron chi connectivity index (χ1n) is 7.30. The molecule has 20 heavy (non-hydrogen) atoms. The normalized spacial score (nSPS) is 16.6. The summed E-state index contributed by atoms with van der Waals surface area (Å²) in [5.74, 6) is 0.242. The third kappa shape index (κ3) is 3.56. The maximum absolute atomic E-state index is 12.1. The van der Waals surface area contributed by atoms with Gasteiger partial charge in [-0.2, -0.15) is 0 Å². The van der Waals surface area contributed by atoms with Gasteiger partial charge in [0.25, 0.3) is 0 Å². The van der Waals surface area contributed by atoms with Gasteiger partial charge in [-0.25, -0.2) is 0 Å². The number of para-hydroxylation sites is 1. The number of aliphatic hydroxyl groups is 1. The molecule has 0 saturated carbocycles. The second-order valence-corrected chi connectivity index (χ2v) is 5.10. The second-order valence-electron chi connectivity index (χ2n) is 5.10. The standard InChI is InChI=1S/C17H21NO2/c1-2-3-10-14(18-13-8-5-4-6-9-13)17-15(19)11-7-12-16(17)20/h4-6,8-9,19H,2-3,7,10-12H2,1H3. The Morgan fingerprint density at radius 3 is 2.65 bits per heavy atom. The highest BCUT2D eigenvalue weighted by Crippen LogP contribution is 2.25. The van der Waals surface area contributed by atoms with Crippen molar-refractivity contribution in [3.05, 3.63) is 41.7 Å². The average Bonchev–Trinajstić information content (AvgIpc) is 2.45. The van der Waals surface area contributed by atoms with Crippen LogP contribution >= 0.6 is 0 Å². The Hall–Kier alpha value is -1.90. The van der Waals surface area contributed by atoms with Crippen LogP contribution in [0.5, 0.6) is 0 Å². The van der Waals surface area contributed by atoms with Gasteiger partial charge in [0.15, 0.2) is 5.78 Å². The maximum atomic E-state index is 12.1. The monoisotopic (exact) mass is 271 g/mol. The number of nitrogens with zero attached hydrogens (tertiary/aromatic N) is 1. The van der Waals surface area contributed by atoms with Crippen LogP contribution < -0.4 is 0 Å². The lowest BCUT2D eigenvalue weighted by Crippen LogP contribution is -2.19. The Morgan fingerprint density at radius 2 is 2.00 bits per heavy atom. The Morgan fingerprint density at radius 1 is 1.25 bits per heavy atom. The van der Waals surface area contributed by atoms with Crippen LogP contribution in [0, 0.1) is 0 Å². The largest absolute Gasteiger partial charge is 0.511 e. The van der Waals surface area contributed by atoms with E-state index < -0.39 is 0 Å². The van der Waals surface area contributed by atoms with Crippen LogP contribution in [0.25, 0.3) is 0 Å². The summed E-state index contributed by atoms with van der Waals surface area (Å²) < 4.78 is 0. The number of Topliss-reactive ketones (excluding diaryl/α,β-unsaturated/α-hetero) is 1. The van der Waals surface area contributed by atoms with E-state index in [1.165, 1.54) is 0 Å². The smallest absolute Gasteiger partial charge is 0.168 e. The van der Waals surface area contributed by atoms with Gasteiger partial charge >= 0.3 is 0 Å². The van der Waals surface area contributed by atoms with Crippen molar-refractivity contribution in [3.63, 3.8) is 0 Å². The summed E-state index contributed by atoms with van der Waals surface area (Å²) in [6.07, 6.45) is 4.57. The zero-order valence-electron chi connectivity index (χ0n) is 11.9. The molecule has 0 fully saturated rings. The molecule has 0 amide bonds. The second kappa shape index (κ2) is 7.04. The summed E-state index contributed by atoms with van der Waals surface area (Å²) >= 11 is 0. The molecule has 2 rings (SSSR count). The number of rotatable bonds is 5. The van der Waals surface area contributed by atoms with Crippen molar-refractivity contribution >= 4 is 17.2 Å². The molecule has 0 aliphatic heterocycles. The molecule has 0 aromatic heterocycles. The molecule has 106 valence electrons. The molecule has 0 saturated heterocycles. The molecule has 1 aliphatic carbocycles. The molecule has 1 aromatic rings. The molecular weight excluding hydrogens is 250 g/mol. The van der Waals surface area contributed by atoms with Gasteiger partial charge in [0.1, 0.15) is 5.76 Å². The van der Waals surface area contributed by atoms with E-state index in [0.29, 0.717) is 18.4 Å². The van der Waals surface area contributed by atoms with Crippen LogP contribution in [0.3, 0.4) is 0 Å². The Balaban J connectivity index is 2.37. The van der Waals surface area contributed by atoms with E-state index in [2.05, 4.69) is 11.9 Å². The zero-order valence-corrected chi connectivity index (χ0v) is 11.9. The maximum Gasteiger partial charge on any atom is 0.168 e. The summed E-state index contributed by atoms with van der Waals surface area (Å²) in [6, 6.07) is 9.61. The van der Waals surface area contributed by atoms with E-state index in [1.807, 2.05) is 30.3 Å². The number of unbranched alkanes of at least 4 members (excludes halogenated alkanes) is 1. The van der Waals surface area contributed by atoms with Gasteiger partial charge in [-0.1, -0.05) is 31.5 Å². The molecule has 1 N–H and O–H groups in total. The molecule has 0 spiro atoms. The lowest BCUT2D eigenvalue weighted by molar-refractivity contribution is -0.115. The SMILES string of the molecule is CCCCC(=Nc1ccccc1)C1=C(O)CCCC1=O. The van der Waals surface area contributed by atoms with Crippen molar-refractivity contribution in [3.8, 4) is 0 Å². The minimum Gasteiger partial charge on any atom is -0.511 e. The molecule has 0 radical (unpaired) electrons. The fourth-order valence-corrected chi connectivity index (χ4v) is 2.39. The number of hydrogen-bond acceptors (Lipinski definition) is 3. The Kier molecular flexibility index (Phi) is 5.10. The highest BCUT2D eigenvalue weighted by molar-refractivity contribution is 6.23. The fourth-order valence-electron chi connectivity index (χ4n) is 2.39. The number of carbonyl (C=O) groups is 1. The number of hydrogen-bond donors (Lipinski definition) is 1. The summed E-state index contributed by atoms with van der Waals surface area (Å²) in [5, 5.41) is 10.1. The third-order valence-electron chi connectivity index (χ3n) is 3.46. The molecule has 3 heteroatoms. The van der Waals surface area contributed by atoms with Crippen LogP contribution in [-0.4, -0.2) is 16.6 Å². The molecule has 0 atom stereocenters. The predicted octanol–water partition coefficient (Wildman–Crippen LogP) is 4.51. The van der Waals surface area contributed by atoms with Gasteiger partial charge in [-0.05, 0) is 31.4 Å². The number of aliphatic imine (C=N–C) groups is 1. The van der Waals surface area contributed by atoms with Crippen LogP contribution in [0.4, 0.5) is 5.69 Å². The van der Waals surface area contributed by atoms with Crippen molar-refractivity contribution in [1.82, 2.24) is 0 Å². The van der Waals surface area contributed by atoms with Crippen molar-refractivity contribution in [2.75, 3.05) is 0 Å². The van der Waals surface area contributed by atoms with E-state index in [4.69, 9.17) is 0 Å². The number of allylic oxidation sites excluding steroid dienone is 2. The number of aliphatic hydroxyl groups excluding tert-OH is 1. The number of ketones is 1. The molecule has 0 unspecified atom stereocenters. The highest BCUT2D eigenvalue weighted by atomic mass is 16.3. The van der Waals surface area contributed by atoms with Gasteiger partial charge in [0.05, 0.1) is 17.0 Å². The summed E-state index contributed by atoms with van der Waals surface area (Å²) in [7, 11) is 0. The highest BCUT2D eigenvalue weighted by Gasteiger charge is 2.24. The summed E-state index contributed by atoms with van der Waals surface area (Å²) in [6.45, 7) is 2.11. The summed E-state index contributed by atoms with van der Waals surface area (Å²) in [4.78, 5) is 16.7. The van der Waals surface area contributed by atoms with Crippen molar-refractivity contribution in [2.45, 2.75) is 45.4 Å². The lowest BCUT2D eigenvalue weighted by atomic mass is 9.90. The van der Waals surface area contributed by atoms with Crippen LogP contribution in [-0.2, 0) is 4.79 Å². The number of benzene rings is 1. The van der Waals surface area contributed by atoms with E-state index in [9.17, 15) is 9.90 Å². The first-order valence-corrected chi connectivity index (χ1v) is 7.30. The zero-order chi connectivity index (χ0) is 14.4. The van der Waals surface area contributed by atoms with Crippen LogP contribution in [0.2, 0.25) is 0 Å². The Bertz CT molecular complexity index is 529. The van der Waals surface area contributed by atoms with Crippen molar-refractivity contribution in [2.24, 2.45) is 4.99 Å². The fraction of sp³-hybridized carbons (Fsp3) is 0.412. The van der Waals surface area contributed by atoms with E-state index >= 15 is 0 Å². The van der Waals surface area contributed by atoms with Gasteiger partial charge in [0, 0.05) is 12.8 Å². The van der Waals surface area contributed by atoms with Gasteiger partial charge in [0.2, 0.25) is 0 Å². The van der Waals surface area contributed by atoms with Crippen LogP contribution in [0.1, 0.15) is 45.4 Å². The quantitative estimate of drug-likeness (QED) is 0.801. The molecule has 3 nitrogen and oxygen atoms in total. The molecule has 1 aliphatic rings. The Labute approximate surface area is 120 Å². The van der Waals surface area contributed by atoms with E-state index in [-0.39, 0.29) is 11.5 Å². The number of carbonyl (C=O) groups excluding carboxylic acids is 1. The van der Waals surface area contributed by atoms with Crippen molar-refractivity contribution in [1.29, 1.82) is 0 Å². The molecular formula is C17H21NO2. The minimum atomic E-state index is 0.0273. The average molecular weight is 271 g/mol. The molecule has 0 bridgehead atoms. The summed E-state index contributed by atoms with van der Waals surface area (Å²) in [5.41, 5.74) is 2.03. The van der Waals surface area contributed by atoms with Crippen molar-refractivity contribution < 1.29 is 9.90 Å². The van der Waals surface area contributed by atoms with Crippen LogP contribution in [0.15, 0.2) is 46.7 Å². The first kappa shape index (κ1) is 14.5. The first-order chi connectivity index (χ1) is 9.72. The topological polar surface area (TPSA) is 49.7 Å².